The summed E-state index contributed by atoms with van der Waals surface area (Å²) in [5.74, 6) is -0.349. The number of morpholine rings is 1. The molecule has 130 valence electrons. The lowest BCUT2D eigenvalue weighted by atomic mass is 9.97. The molecule has 2 amide bonds. The maximum absolute atomic E-state index is 12.8. The largest absolute Gasteiger partial charge is 0.356 e. The van der Waals surface area contributed by atoms with E-state index < -0.39 is 12.1 Å². The van der Waals surface area contributed by atoms with E-state index in [1.165, 1.54) is 0 Å². The third-order valence-electron chi connectivity index (χ3n) is 4.54. The van der Waals surface area contributed by atoms with E-state index in [0.717, 1.165) is 11.1 Å². The Morgan fingerprint density at radius 2 is 1.72 bits per heavy atom. The number of hydrogen-bond donors (Lipinski definition) is 1. The molecule has 0 saturated carbocycles. The predicted octanol–water partition coefficient (Wildman–Crippen LogP) is 2.46. The molecule has 3 unspecified atom stereocenters. The molecule has 5 heteroatoms. The van der Waals surface area contributed by atoms with Gasteiger partial charge in [0.1, 0.15) is 6.61 Å². The maximum atomic E-state index is 12.8. The van der Waals surface area contributed by atoms with E-state index in [1.54, 1.807) is 11.9 Å². The molecule has 0 spiro atoms. The SMILES string of the molecule is CC(NC(=O)C1OCC(=O)N(C)C1c1ccccc1)c1ccccc1. The fourth-order valence-electron chi connectivity index (χ4n) is 3.10. The topological polar surface area (TPSA) is 58.6 Å². The van der Waals surface area contributed by atoms with E-state index in [1.807, 2.05) is 67.6 Å². The zero-order valence-corrected chi connectivity index (χ0v) is 14.4. The average Bonchev–Trinajstić information content (AvgIpc) is 2.65. The van der Waals surface area contributed by atoms with Crippen LogP contribution in [0.5, 0.6) is 0 Å². The van der Waals surface area contributed by atoms with Crippen molar-refractivity contribution in [2.24, 2.45) is 0 Å². The van der Waals surface area contributed by atoms with E-state index in [9.17, 15) is 9.59 Å². The van der Waals surface area contributed by atoms with Gasteiger partial charge in [0.2, 0.25) is 5.91 Å². The summed E-state index contributed by atoms with van der Waals surface area (Å²) in [5.41, 5.74) is 1.90. The summed E-state index contributed by atoms with van der Waals surface area (Å²) >= 11 is 0. The van der Waals surface area contributed by atoms with Gasteiger partial charge in [-0.05, 0) is 18.1 Å². The van der Waals surface area contributed by atoms with Crippen LogP contribution in [0, 0.1) is 0 Å². The zero-order valence-electron chi connectivity index (χ0n) is 14.4. The van der Waals surface area contributed by atoms with Crippen LogP contribution in [-0.2, 0) is 14.3 Å². The highest BCUT2D eigenvalue weighted by Gasteiger charge is 2.40. The fraction of sp³-hybridized carbons (Fsp3) is 0.300. The highest BCUT2D eigenvalue weighted by molar-refractivity contribution is 5.86. The molecule has 1 fully saturated rings. The van der Waals surface area contributed by atoms with E-state index in [2.05, 4.69) is 5.32 Å². The summed E-state index contributed by atoms with van der Waals surface area (Å²) in [7, 11) is 1.71. The van der Waals surface area contributed by atoms with E-state index in [0.29, 0.717) is 0 Å². The Balaban J connectivity index is 1.80. The highest BCUT2D eigenvalue weighted by Crippen LogP contribution is 2.29. The van der Waals surface area contributed by atoms with Crippen LogP contribution in [0.3, 0.4) is 0 Å². The van der Waals surface area contributed by atoms with E-state index in [-0.39, 0.29) is 24.5 Å². The lowest BCUT2D eigenvalue weighted by Crippen LogP contribution is -2.53. The van der Waals surface area contributed by atoms with Crippen LogP contribution in [0.1, 0.15) is 30.1 Å². The first-order chi connectivity index (χ1) is 12.1. The number of carbonyl (C=O) groups is 2. The molecule has 0 aliphatic carbocycles. The van der Waals surface area contributed by atoms with Crippen LogP contribution in [0.2, 0.25) is 0 Å². The third-order valence-corrected chi connectivity index (χ3v) is 4.54. The van der Waals surface area contributed by atoms with Crippen molar-refractivity contribution in [3.05, 3.63) is 71.8 Å². The molecule has 0 radical (unpaired) electrons. The smallest absolute Gasteiger partial charge is 0.252 e. The zero-order chi connectivity index (χ0) is 17.8. The summed E-state index contributed by atoms with van der Waals surface area (Å²) in [4.78, 5) is 26.5. The van der Waals surface area contributed by atoms with Gasteiger partial charge in [0.05, 0.1) is 12.1 Å². The Morgan fingerprint density at radius 3 is 2.36 bits per heavy atom. The maximum Gasteiger partial charge on any atom is 0.252 e. The summed E-state index contributed by atoms with van der Waals surface area (Å²) in [6.45, 7) is 1.85. The monoisotopic (exact) mass is 338 g/mol. The van der Waals surface area contributed by atoms with Gasteiger partial charge < -0.3 is 15.0 Å². The molecule has 1 heterocycles. The second kappa shape index (κ2) is 7.49. The Hall–Kier alpha value is -2.66. The number of carbonyl (C=O) groups excluding carboxylic acids is 2. The number of benzene rings is 2. The molecular formula is C20H22N2O3. The first kappa shape index (κ1) is 17.2. The van der Waals surface area contributed by atoms with Gasteiger partial charge in [-0.3, -0.25) is 9.59 Å². The van der Waals surface area contributed by atoms with Gasteiger partial charge in [0, 0.05) is 7.05 Å². The minimum atomic E-state index is -0.740. The Morgan fingerprint density at radius 1 is 1.12 bits per heavy atom. The Bertz CT molecular complexity index is 733. The van der Waals surface area contributed by atoms with Crippen LogP contribution in [0.15, 0.2) is 60.7 Å². The fourth-order valence-corrected chi connectivity index (χ4v) is 3.10. The molecule has 1 saturated heterocycles. The van der Waals surface area contributed by atoms with Gasteiger partial charge in [-0.1, -0.05) is 60.7 Å². The Kier molecular flexibility index (Phi) is 5.14. The van der Waals surface area contributed by atoms with Crippen molar-refractivity contribution in [3.63, 3.8) is 0 Å². The normalized spacial score (nSPS) is 21.7. The number of ether oxygens (including phenoxy) is 1. The molecular weight excluding hydrogens is 316 g/mol. The standard InChI is InChI=1S/C20H22N2O3/c1-14(15-9-5-3-6-10-15)21-20(24)19-18(16-11-7-4-8-12-16)22(2)17(23)13-25-19/h3-12,14,18-19H,13H2,1-2H3,(H,21,24). The van der Waals surface area contributed by atoms with Crippen molar-refractivity contribution in [3.8, 4) is 0 Å². The first-order valence-electron chi connectivity index (χ1n) is 8.35. The van der Waals surface area contributed by atoms with Crippen LogP contribution in [0.25, 0.3) is 0 Å². The number of nitrogens with one attached hydrogen (secondary N) is 1. The molecule has 1 aliphatic heterocycles. The second-order valence-corrected chi connectivity index (χ2v) is 6.23. The quantitative estimate of drug-likeness (QED) is 0.932. The van der Waals surface area contributed by atoms with Gasteiger partial charge in [-0.15, -0.1) is 0 Å². The molecule has 3 rings (SSSR count). The van der Waals surface area contributed by atoms with Crippen LogP contribution in [0.4, 0.5) is 0 Å². The van der Waals surface area contributed by atoms with Crippen LogP contribution in [-0.4, -0.2) is 36.5 Å². The summed E-state index contributed by atoms with van der Waals surface area (Å²) in [5, 5.41) is 3.00. The van der Waals surface area contributed by atoms with Gasteiger partial charge in [0.15, 0.2) is 6.10 Å². The molecule has 2 aromatic carbocycles. The average molecular weight is 338 g/mol. The number of rotatable bonds is 4. The lowest BCUT2D eigenvalue weighted by Gasteiger charge is -2.38. The molecule has 5 nitrogen and oxygen atoms in total. The number of likely N-dealkylation sites (N-methyl/N-ethyl adjacent to an activating group) is 1. The summed E-state index contributed by atoms with van der Waals surface area (Å²) < 4.78 is 5.62. The molecule has 0 aromatic heterocycles. The van der Waals surface area contributed by atoms with Gasteiger partial charge in [-0.2, -0.15) is 0 Å². The third kappa shape index (κ3) is 3.72. The Labute approximate surface area is 147 Å². The summed E-state index contributed by atoms with van der Waals surface area (Å²) in [6.07, 6.45) is -0.740. The molecule has 1 N–H and O–H groups in total. The van der Waals surface area contributed by atoms with E-state index >= 15 is 0 Å². The van der Waals surface area contributed by atoms with Crippen molar-refractivity contribution in [1.82, 2.24) is 10.2 Å². The number of amides is 2. The van der Waals surface area contributed by atoms with Crippen molar-refractivity contribution < 1.29 is 14.3 Å². The van der Waals surface area contributed by atoms with Crippen molar-refractivity contribution >= 4 is 11.8 Å². The molecule has 1 aliphatic rings. The van der Waals surface area contributed by atoms with Gasteiger partial charge in [-0.25, -0.2) is 0 Å². The van der Waals surface area contributed by atoms with Crippen LogP contribution >= 0.6 is 0 Å². The molecule has 3 atom stereocenters. The number of hydrogen-bond acceptors (Lipinski definition) is 3. The van der Waals surface area contributed by atoms with Crippen molar-refractivity contribution in [1.29, 1.82) is 0 Å². The summed E-state index contributed by atoms with van der Waals surface area (Å²) in [6, 6.07) is 18.7. The van der Waals surface area contributed by atoms with E-state index in [4.69, 9.17) is 4.74 Å². The van der Waals surface area contributed by atoms with Crippen LogP contribution < -0.4 is 5.32 Å². The van der Waals surface area contributed by atoms with Crippen molar-refractivity contribution in [2.75, 3.05) is 13.7 Å². The second-order valence-electron chi connectivity index (χ2n) is 6.23. The molecule has 25 heavy (non-hydrogen) atoms. The first-order valence-corrected chi connectivity index (χ1v) is 8.35. The highest BCUT2D eigenvalue weighted by atomic mass is 16.5. The van der Waals surface area contributed by atoms with Gasteiger partial charge >= 0.3 is 0 Å². The lowest BCUT2D eigenvalue weighted by molar-refractivity contribution is -0.162. The van der Waals surface area contributed by atoms with Crippen molar-refractivity contribution in [2.45, 2.75) is 25.1 Å². The predicted molar refractivity (Wildman–Crippen MR) is 94.7 cm³/mol. The number of nitrogens with zero attached hydrogens (tertiary/aromatic N) is 1. The molecule has 2 aromatic rings. The minimum absolute atomic E-state index is 0.0857. The minimum Gasteiger partial charge on any atom is -0.356 e. The molecule has 0 bridgehead atoms. The van der Waals surface area contributed by atoms with Gasteiger partial charge in [0.25, 0.3) is 5.91 Å².